The molecule has 0 aliphatic carbocycles. The molecule has 17 heavy (non-hydrogen) atoms. The number of hydrogen-bond donors (Lipinski definition) is 1. The summed E-state index contributed by atoms with van der Waals surface area (Å²) in [5, 5.41) is 2.80. The maximum absolute atomic E-state index is 11.8. The first kappa shape index (κ1) is 12.0. The van der Waals surface area contributed by atoms with Crippen LogP contribution < -0.4 is 5.32 Å². The molecule has 0 atom stereocenters. The number of halogens is 2. The molecule has 0 spiro atoms. The number of amides is 1. The Kier molecular flexibility index (Phi) is 3.71. The minimum atomic E-state index is -0.310. The molecule has 1 aromatic heterocycles. The van der Waals surface area contributed by atoms with Gasteiger partial charge in [-0.2, -0.15) is 0 Å². The number of benzene rings is 1. The number of hydrogen-bond acceptors (Lipinski definition) is 2. The third-order valence-corrected chi connectivity index (χ3v) is 2.80. The Labute approximate surface area is 108 Å². The highest BCUT2D eigenvalue weighted by Crippen LogP contribution is 2.19. The van der Waals surface area contributed by atoms with Gasteiger partial charge in [0.15, 0.2) is 0 Å². The van der Waals surface area contributed by atoms with E-state index in [1.165, 1.54) is 12.3 Å². The number of furan rings is 1. The van der Waals surface area contributed by atoms with Gasteiger partial charge >= 0.3 is 0 Å². The van der Waals surface area contributed by atoms with Gasteiger partial charge in [0.05, 0.1) is 11.8 Å². The van der Waals surface area contributed by atoms with Crippen molar-refractivity contribution in [2.24, 2.45) is 0 Å². The molecule has 1 heterocycles. The number of alkyl halides is 1. The van der Waals surface area contributed by atoms with Crippen molar-refractivity contribution < 1.29 is 9.21 Å². The molecule has 0 saturated heterocycles. The van der Waals surface area contributed by atoms with Gasteiger partial charge in [-0.25, -0.2) is 0 Å². The van der Waals surface area contributed by atoms with Crippen LogP contribution in [0, 0.1) is 0 Å². The van der Waals surface area contributed by atoms with Gasteiger partial charge in [-0.15, -0.1) is 11.6 Å². The zero-order valence-corrected chi connectivity index (χ0v) is 10.3. The fraction of sp³-hybridized carbons (Fsp3) is 0.0833. The number of anilines is 1. The predicted octanol–water partition coefficient (Wildman–Crippen LogP) is 3.92. The van der Waals surface area contributed by atoms with E-state index in [0.717, 1.165) is 5.56 Å². The third kappa shape index (κ3) is 2.81. The number of carbonyl (C=O) groups excluding carboxylic acids is 1. The molecule has 1 aromatic carbocycles. The Morgan fingerprint density at radius 1 is 1.35 bits per heavy atom. The molecule has 0 unspecified atom stereocenters. The van der Waals surface area contributed by atoms with E-state index in [0.29, 0.717) is 17.1 Å². The Morgan fingerprint density at radius 2 is 2.18 bits per heavy atom. The zero-order chi connectivity index (χ0) is 12.3. The van der Waals surface area contributed by atoms with Crippen molar-refractivity contribution in [3.05, 3.63) is 52.9 Å². The lowest BCUT2D eigenvalue weighted by molar-refractivity contribution is 0.102. The summed E-state index contributed by atoms with van der Waals surface area (Å²) >= 11 is 11.4. The van der Waals surface area contributed by atoms with Crippen LogP contribution in [0.3, 0.4) is 0 Å². The highest BCUT2D eigenvalue weighted by molar-refractivity contribution is 6.32. The molecule has 1 N–H and O–H groups in total. The smallest absolute Gasteiger partial charge is 0.260 e. The Morgan fingerprint density at radius 3 is 2.82 bits per heavy atom. The molecule has 0 aliphatic heterocycles. The average molecular weight is 270 g/mol. The van der Waals surface area contributed by atoms with Crippen molar-refractivity contribution in [3.63, 3.8) is 0 Å². The van der Waals surface area contributed by atoms with E-state index in [9.17, 15) is 4.79 Å². The first-order valence-electron chi connectivity index (χ1n) is 4.90. The molecule has 88 valence electrons. The minimum absolute atomic E-state index is 0.0796. The monoisotopic (exact) mass is 269 g/mol. The average Bonchev–Trinajstić information content (AvgIpc) is 2.76. The summed E-state index contributed by atoms with van der Waals surface area (Å²) in [5.41, 5.74) is 1.91. The molecule has 0 saturated carbocycles. The second-order valence-corrected chi connectivity index (χ2v) is 4.01. The Balaban J connectivity index is 2.16. The van der Waals surface area contributed by atoms with Crippen LogP contribution in [-0.4, -0.2) is 5.91 Å². The molecule has 0 radical (unpaired) electrons. The van der Waals surface area contributed by atoms with Crippen molar-refractivity contribution in [2.45, 2.75) is 5.88 Å². The van der Waals surface area contributed by atoms with Crippen LogP contribution >= 0.6 is 23.2 Å². The third-order valence-electron chi connectivity index (χ3n) is 2.20. The van der Waals surface area contributed by atoms with Gasteiger partial charge in [0, 0.05) is 11.6 Å². The fourth-order valence-electron chi connectivity index (χ4n) is 1.39. The molecular weight excluding hydrogens is 261 g/mol. The minimum Gasteiger partial charge on any atom is -0.452 e. The summed E-state index contributed by atoms with van der Waals surface area (Å²) in [6.07, 6.45) is 1.37. The maximum Gasteiger partial charge on any atom is 0.260 e. The van der Waals surface area contributed by atoms with E-state index in [2.05, 4.69) is 5.32 Å². The lowest BCUT2D eigenvalue weighted by atomic mass is 10.2. The van der Waals surface area contributed by atoms with Gasteiger partial charge in [-0.3, -0.25) is 4.79 Å². The second-order valence-electron chi connectivity index (χ2n) is 3.40. The van der Waals surface area contributed by atoms with E-state index in [-0.39, 0.29) is 11.1 Å². The SMILES string of the molecule is O=C(Nc1cccc(CCl)c1)c1ccoc1Cl. The lowest BCUT2D eigenvalue weighted by Crippen LogP contribution is -2.11. The van der Waals surface area contributed by atoms with E-state index in [4.69, 9.17) is 27.6 Å². The van der Waals surface area contributed by atoms with Crippen LogP contribution in [0.15, 0.2) is 41.0 Å². The van der Waals surface area contributed by atoms with Crippen LogP contribution in [0.25, 0.3) is 0 Å². The summed E-state index contributed by atoms with van der Waals surface area (Å²) in [4.78, 5) is 11.8. The van der Waals surface area contributed by atoms with Crippen molar-refractivity contribution in [3.8, 4) is 0 Å². The lowest BCUT2D eigenvalue weighted by Gasteiger charge is -2.05. The van der Waals surface area contributed by atoms with Gasteiger partial charge in [0.1, 0.15) is 0 Å². The number of carbonyl (C=O) groups is 1. The molecule has 3 nitrogen and oxygen atoms in total. The Bertz CT molecular complexity index is 537. The molecule has 2 aromatic rings. The maximum atomic E-state index is 11.8. The topological polar surface area (TPSA) is 42.2 Å². The quantitative estimate of drug-likeness (QED) is 0.859. The van der Waals surface area contributed by atoms with Crippen LogP contribution in [0.4, 0.5) is 5.69 Å². The summed E-state index contributed by atoms with van der Waals surface area (Å²) in [6.45, 7) is 0. The van der Waals surface area contributed by atoms with Gasteiger partial charge in [0.25, 0.3) is 5.91 Å². The summed E-state index contributed by atoms with van der Waals surface area (Å²) in [6, 6.07) is 8.81. The van der Waals surface area contributed by atoms with E-state index in [1.54, 1.807) is 12.1 Å². The normalized spacial score (nSPS) is 10.2. The first-order chi connectivity index (χ1) is 8.20. The second kappa shape index (κ2) is 5.25. The van der Waals surface area contributed by atoms with E-state index >= 15 is 0 Å². The zero-order valence-electron chi connectivity index (χ0n) is 8.74. The van der Waals surface area contributed by atoms with Crippen LogP contribution in [0.5, 0.6) is 0 Å². The highest BCUT2D eigenvalue weighted by Gasteiger charge is 2.12. The van der Waals surface area contributed by atoms with Crippen molar-refractivity contribution in [1.29, 1.82) is 0 Å². The van der Waals surface area contributed by atoms with Gasteiger partial charge < -0.3 is 9.73 Å². The standard InChI is InChI=1S/C12H9Cl2NO2/c13-7-8-2-1-3-9(6-8)15-12(16)10-4-5-17-11(10)14/h1-6H,7H2,(H,15,16). The van der Waals surface area contributed by atoms with Crippen molar-refractivity contribution in [2.75, 3.05) is 5.32 Å². The molecule has 1 amide bonds. The van der Waals surface area contributed by atoms with Crippen molar-refractivity contribution in [1.82, 2.24) is 0 Å². The summed E-state index contributed by atoms with van der Waals surface area (Å²) in [5.74, 6) is 0.0892. The van der Waals surface area contributed by atoms with E-state index < -0.39 is 0 Å². The predicted molar refractivity (Wildman–Crippen MR) is 67.7 cm³/mol. The number of rotatable bonds is 3. The van der Waals surface area contributed by atoms with Crippen molar-refractivity contribution >= 4 is 34.8 Å². The van der Waals surface area contributed by atoms with Gasteiger partial charge in [0.2, 0.25) is 5.22 Å². The van der Waals surface area contributed by atoms with Gasteiger partial charge in [-0.05, 0) is 35.4 Å². The number of nitrogens with one attached hydrogen (secondary N) is 1. The summed E-state index contributed by atoms with van der Waals surface area (Å²) < 4.78 is 4.85. The van der Waals surface area contributed by atoms with Gasteiger partial charge in [-0.1, -0.05) is 12.1 Å². The summed E-state index contributed by atoms with van der Waals surface area (Å²) in [7, 11) is 0. The van der Waals surface area contributed by atoms with Crippen LogP contribution in [-0.2, 0) is 5.88 Å². The molecule has 0 fully saturated rings. The molecular formula is C12H9Cl2NO2. The largest absolute Gasteiger partial charge is 0.452 e. The fourth-order valence-corrected chi connectivity index (χ4v) is 1.75. The molecule has 0 aliphatic rings. The van der Waals surface area contributed by atoms with E-state index in [1.807, 2.05) is 12.1 Å². The molecule has 2 rings (SSSR count). The molecule has 5 heteroatoms. The first-order valence-corrected chi connectivity index (χ1v) is 5.81. The molecule has 0 bridgehead atoms. The highest BCUT2D eigenvalue weighted by atomic mass is 35.5. The van der Waals surface area contributed by atoms with Crippen LogP contribution in [0.1, 0.15) is 15.9 Å². The Hall–Kier alpha value is -1.45. The van der Waals surface area contributed by atoms with Crippen LogP contribution in [0.2, 0.25) is 5.22 Å².